The molecule has 1 heterocycles. The Hall–Kier alpha value is -2.67. The minimum Gasteiger partial charge on any atom is -0.460 e. The maximum atomic E-state index is 13.6. The smallest absolute Gasteiger partial charge is 0.338 e. The summed E-state index contributed by atoms with van der Waals surface area (Å²) >= 11 is 0. The second-order valence-electron chi connectivity index (χ2n) is 5.46. The third kappa shape index (κ3) is 4.24. The quantitative estimate of drug-likeness (QED) is 0.467. The van der Waals surface area contributed by atoms with Crippen LogP contribution in [-0.2, 0) is 14.3 Å². The number of halogens is 1. The van der Waals surface area contributed by atoms with Crippen LogP contribution in [0.1, 0.15) is 18.5 Å². The molecule has 0 fully saturated rings. The van der Waals surface area contributed by atoms with Gasteiger partial charge >= 0.3 is 12.0 Å². The molecule has 0 spiro atoms. The van der Waals surface area contributed by atoms with Crippen molar-refractivity contribution in [2.24, 2.45) is 0 Å². The highest BCUT2D eigenvalue weighted by Gasteiger charge is 2.36. The molecule has 6 nitrogen and oxygen atoms in total. The average molecular weight is 348 g/mol. The van der Waals surface area contributed by atoms with E-state index in [-0.39, 0.29) is 31.4 Å². The summed E-state index contributed by atoms with van der Waals surface area (Å²) in [6.45, 7) is 5.85. The molecule has 1 aromatic rings. The van der Waals surface area contributed by atoms with Crippen LogP contribution in [0, 0.1) is 5.82 Å². The van der Waals surface area contributed by atoms with E-state index < -0.39 is 17.8 Å². The number of amides is 2. The Morgan fingerprint density at radius 1 is 1.44 bits per heavy atom. The van der Waals surface area contributed by atoms with E-state index in [1.54, 1.807) is 19.1 Å². The molecule has 1 atom stereocenters. The molecule has 2 rings (SSSR count). The lowest BCUT2D eigenvalue weighted by atomic mass is 9.95. The van der Waals surface area contributed by atoms with Crippen molar-refractivity contribution in [2.75, 3.05) is 26.9 Å². The zero-order valence-corrected chi connectivity index (χ0v) is 14.3. The number of allylic oxidation sites excluding steroid dienone is 1. The van der Waals surface area contributed by atoms with Gasteiger partial charge in [-0.2, -0.15) is 0 Å². The largest absolute Gasteiger partial charge is 0.460 e. The van der Waals surface area contributed by atoms with Gasteiger partial charge in [0.2, 0.25) is 0 Å². The van der Waals surface area contributed by atoms with Crippen LogP contribution in [0.2, 0.25) is 0 Å². The molecule has 1 unspecified atom stereocenters. The van der Waals surface area contributed by atoms with Gasteiger partial charge in [0.1, 0.15) is 12.4 Å². The number of esters is 1. The van der Waals surface area contributed by atoms with Crippen molar-refractivity contribution in [3.63, 3.8) is 0 Å². The van der Waals surface area contributed by atoms with Crippen molar-refractivity contribution in [1.29, 1.82) is 0 Å². The minimum atomic E-state index is -0.792. The molecule has 1 aromatic carbocycles. The maximum Gasteiger partial charge on any atom is 0.338 e. The van der Waals surface area contributed by atoms with Crippen LogP contribution in [0.5, 0.6) is 0 Å². The number of urea groups is 1. The molecule has 0 bridgehead atoms. The molecule has 1 aliphatic heterocycles. The molecular formula is C18H21FN2O4. The molecule has 0 radical (unpaired) electrons. The van der Waals surface area contributed by atoms with Gasteiger partial charge in [-0.25, -0.2) is 14.0 Å². The first kappa shape index (κ1) is 18.7. The fourth-order valence-electron chi connectivity index (χ4n) is 2.63. The molecule has 0 aliphatic carbocycles. The molecule has 0 saturated heterocycles. The van der Waals surface area contributed by atoms with Crippen molar-refractivity contribution in [3.05, 3.63) is 59.6 Å². The lowest BCUT2D eigenvalue weighted by Gasteiger charge is -2.34. The number of rotatable bonds is 7. The molecule has 25 heavy (non-hydrogen) atoms. The fraction of sp³-hybridized carbons (Fsp3) is 0.333. The Kier molecular flexibility index (Phi) is 6.30. The Labute approximate surface area is 145 Å². The van der Waals surface area contributed by atoms with Gasteiger partial charge in [-0.05, 0) is 24.6 Å². The van der Waals surface area contributed by atoms with Crippen LogP contribution in [0.15, 0.2) is 48.2 Å². The SMILES string of the molecule is C=CCN1C(=O)NC(c2cccc(F)c2)C(C(=O)OCCOC)=C1C. The highest BCUT2D eigenvalue weighted by molar-refractivity contribution is 5.95. The van der Waals surface area contributed by atoms with Gasteiger partial charge < -0.3 is 14.8 Å². The van der Waals surface area contributed by atoms with Gasteiger partial charge in [-0.15, -0.1) is 6.58 Å². The van der Waals surface area contributed by atoms with Crippen molar-refractivity contribution >= 4 is 12.0 Å². The summed E-state index contributed by atoms with van der Waals surface area (Å²) in [4.78, 5) is 26.3. The molecule has 1 aliphatic rings. The van der Waals surface area contributed by atoms with E-state index in [1.165, 1.54) is 30.2 Å². The van der Waals surface area contributed by atoms with Gasteiger partial charge in [0.15, 0.2) is 0 Å². The molecular weight excluding hydrogens is 327 g/mol. The van der Waals surface area contributed by atoms with Crippen LogP contribution in [0.4, 0.5) is 9.18 Å². The van der Waals surface area contributed by atoms with Crippen LogP contribution in [-0.4, -0.2) is 43.8 Å². The van der Waals surface area contributed by atoms with Gasteiger partial charge in [0.25, 0.3) is 0 Å². The summed E-state index contributed by atoms with van der Waals surface area (Å²) in [5.74, 6) is -1.04. The van der Waals surface area contributed by atoms with Crippen LogP contribution >= 0.6 is 0 Å². The maximum absolute atomic E-state index is 13.6. The van der Waals surface area contributed by atoms with Crippen molar-refractivity contribution < 1.29 is 23.5 Å². The van der Waals surface area contributed by atoms with E-state index in [4.69, 9.17) is 9.47 Å². The first-order chi connectivity index (χ1) is 12.0. The third-order valence-corrected chi connectivity index (χ3v) is 3.83. The van der Waals surface area contributed by atoms with Gasteiger partial charge in [-0.1, -0.05) is 18.2 Å². The van der Waals surface area contributed by atoms with Gasteiger partial charge in [-0.3, -0.25) is 4.90 Å². The average Bonchev–Trinajstić information content (AvgIpc) is 2.58. The number of ether oxygens (including phenoxy) is 2. The zero-order chi connectivity index (χ0) is 18.4. The fourth-order valence-corrected chi connectivity index (χ4v) is 2.63. The Morgan fingerprint density at radius 3 is 2.84 bits per heavy atom. The molecule has 0 aromatic heterocycles. The molecule has 134 valence electrons. The second kappa shape index (κ2) is 8.43. The van der Waals surface area contributed by atoms with E-state index >= 15 is 0 Å². The monoisotopic (exact) mass is 348 g/mol. The number of carbonyl (C=O) groups is 2. The van der Waals surface area contributed by atoms with E-state index in [0.29, 0.717) is 11.3 Å². The number of nitrogens with zero attached hydrogens (tertiary/aromatic N) is 1. The number of methoxy groups -OCH3 is 1. The highest BCUT2D eigenvalue weighted by Crippen LogP contribution is 2.31. The zero-order valence-electron chi connectivity index (χ0n) is 14.3. The first-order valence-electron chi connectivity index (χ1n) is 7.80. The summed E-state index contributed by atoms with van der Waals surface area (Å²) in [5.41, 5.74) is 1.16. The molecule has 2 amide bonds. The van der Waals surface area contributed by atoms with Crippen molar-refractivity contribution in [1.82, 2.24) is 10.2 Å². The van der Waals surface area contributed by atoms with Crippen LogP contribution in [0.25, 0.3) is 0 Å². The number of nitrogens with one attached hydrogen (secondary N) is 1. The van der Waals surface area contributed by atoms with Crippen molar-refractivity contribution in [3.8, 4) is 0 Å². The van der Waals surface area contributed by atoms with E-state index in [9.17, 15) is 14.0 Å². The number of carbonyl (C=O) groups excluding carboxylic acids is 2. The van der Waals surface area contributed by atoms with E-state index in [0.717, 1.165) is 0 Å². The third-order valence-electron chi connectivity index (χ3n) is 3.83. The number of hydrogen-bond donors (Lipinski definition) is 1. The topological polar surface area (TPSA) is 67.9 Å². The highest BCUT2D eigenvalue weighted by atomic mass is 19.1. The van der Waals surface area contributed by atoms with Crippen LogP contribution in [0.3, 0.4) is 0 Å². The molecule has 1 N–H and O–H groups in total. The normalized spacial score (nSPS) is 17.3. The van der Waals surface area contributed by atoms with E-state index in [1.807, 2.05) is 0 Å². The molecule has 7 heteroatoms. The Bertz CT molecular complexity index is 702. The second-order valence-corrected chi connectivity index (χ2v) is 5.46. The summed E-state index contributed by atoms with van der Waals surface area (Å²) in [6, 6.07) is 4.57. The summed E-state index contributed by atoms with van der Waals surface area (Å²) in [7, 11) is 1.50. The summed E-state index contributed by atoms with van der Waals surface area (Å²) < 4.78 is 23.7. The predicted octanol–water partition coefficient (Wildman–Crippen LogP) is 2.54. The first-order valence-corrected chi connectivity index (χ1v) is 7.80. The molecule has 0 saturated carbocycles. The Balaban J connectivity index is 2.43. The Morgan fingerprint density at radius 2 is 2.20 bits per heavy atom. The predicted molar refractivity (Wildman–Crippen MR) is 90.1 cm³/mol. The summed E-state index contributed by atoms with van der Waals surface area (Å²) in [5, 5.41) is 2.73. The number of benzene rings is 1. The van der Waals surface area contributed by atoms with Gasteiger partial charge in [0.05, 0.1) is 18.2 Å². The number of hydrogen-bond acceptors (Lipinski definition) is 4. The lowest BCUT2D eigenvalue weighted by molar-refractivity contribution is -0.140. The lowest BCUT2D eigenvalue weighted by Crippen LogP contribution is -2.48. The minimum absolute atomic E-state index is 0.0807. The van der Waals surface area contributed by atoms with E-state index in [2.05, 4.69) is 11.9 Å². The standard InChI is InChI=1S/C18H21FN2O4/c1-4-8-21-12(2)15(17(22)25-10-9-24-3)16(20-18(21)23)13-6-5-7-14(19)11-13/h4-7,11,16H,1,8-10H2,2-3H3,(H,20,23). The van der Waals surface area contributed by atoms with Crippen LogP contribution < -0.4 is 5.32 Å². The summed E-state index contributed by atoms with van der Waals surface area (Å²) in [6.07, 6.45) is 1.56. The van der Waals surface area contributed by atoms with Crippen molar-refractivity contribution in [2.45, 2.75) is 13.0 Å². The van der Waals surface area contributed by atoms with Gasteiger partial charge in [0, 0.05) is 19.4 Å².